The molecule has 0 N–H and O–H groups in total. The zero-order chi connectivity index (χ0) is 32.5. The number of para-hydroxylation sites is 1. The topological polar surface area (TPSA) is 14.2 Å². The van der Waals surface area contributed by atoms with E-state index in [-0.39, 0.29) is 5.60 Å². The molecule has 0 atom stereocenters. The molecule has 5 heteroatoms. The molecule has 236 valence electrons. The summed E-state index contributed by atoms with van der Waals surface area (Å²) in [6.07, 6.45) is 6.22. The Morgan fingerprint density at radius 3 is 2.09 bits per heavy atom. The van der Waals surface area contributed by atoms with Crippen molar-refractivity contribution in [3.8, 4) is 11.1 Å². The first-order chi connectivity index (χ1) is 22.3. The van der Waals surface area contributed by atoms with Crippen LogP contribution in [0.4, 0.5) is 0 Å². The van der Waals surface area contributed by atoms with Gasteiger partial charge in [-0.05, 0) is 57.4 Å². The van der Waals surface area contributed by atoms with Crippen LogP contribution in [0.3, 0.4) is 0 Å². The summed E-state index contributed by atoms with van der Waals surface area (Å²) in [7, 11) is 12.0. The van der Waals surface area contributed by atoms with Gasteiger partial charge in [-0.15, -0.1) is 57.9 Å². The summed E-state index contributed by atoms with van der Waals surface area (Å²) in [6, 6.07) is 41.7. The molecule has 1 heterocycles. The first-order valence-corrected chi connectivity index (χ1v) is 22.5. The zero-order valence-corrected chi connectivity index (χ0v) is 31.3. The number of halogens is 2. The van der Waals surface area contributed by atoms with Crippen LogP contribution < -0.4 is 0 Å². The van der Waals surface area contributed by atoms with Gasteiger partial charge in [0.05, 0.1) is 5.60 Å². The van der Waals surface area contributed by atoms with E-state index < -0.39 is 20.8 Å². The number of rotatable bonds is 8. The van der Waals surface area contributed by atoms with Crippen molar-refractivity contribution in [2.75, 3.05) is 6.61 Å². The van der Waals surface area contributed by atoms with Crippen LogP contribution in [0.5, 0.6) is 0 Å². The van der Waals surface area contributed by atoms with Gasteiger partial charge >= 0.3 is 37.9 Å². The van der Waals surface area contributed by atoms with Crippen molar-refractivity contribution in [3.63, 3.8) is 0 Å². The molecule has 0 saturated carbocycles. The number of aromatic nitrogens is 1. The van der Waals surface area contributed by atoms with Gasteiger partial charge in [-0.1, -0.05) is 66.8 Å². The zero-order valence-electron chi connectivity index (χ0n) is 27.3. The maximum absolute atomic E-state index is 5.74. The summed E-state index contributed by atoms with van der Waals surface area (Å²) in [6.45, 7) is 7.25. The van der Waals surface area contributed by atoms with E-state index in [4.69, 9.17) is 21.8 Å². The predicted molar refractivity (Wildman–Crippen MR) is 198 cm³/mol. The van der Waals surface area contributed by atoms with E-state index in [0.717, 1.165) is 6.61 Å². The summed E-state index contributed by atoms with van der Waals surface area (Å²) < 4.78 is 8.02. The van der Waals surface area contributed by atoms with Crippen LogP contribution in [0.1, 0.15) is 52.0 Å². The molecule has 0 amide bonds. The SMILES string of the molecule is CC(C)(C)OCCCCCCc1cccc2[cH-]ccc12.Cn1c2ccccc2c2cc(-c3cccc4[cH-]ccc34)ccc21.[Cl][Zr+2][Cl]. The molecule has 0 aliphatic carbocycles. The van der Waals surface area contributed by atoms with Gasteiger partial charge in [-0.3, -0.25) is 0 Å². The maximum atomic E-state index is 5.74. The Bertz CT molecular complexity index is 1990. The van der Waals surface area contributed by atoms with Crippen molar-refractivity contribution in [2.45, 2.75) is 58.5 Å². The predicted octanol–water partition coefficient (Wildman–Crippen LogP) is 12.7. The van der Waals surface area contributed by atoms with Crippen LogP contribution in [0.15, 0.2) is 115 Å². The first-order valence-electron chi connectivity index (χ1n) is 16.2. The Labute approximate surface area is 292 Å². The van der Waals surface area contributed by atoms with Gasteiger partial charge < -0.3 is 9.30 Å². The van der Waals surface area contributed by atoms with Crippen LogP contribution in [0.2, 0.25) is 0 Å². The van der Waals surface area contributed by atoms with Gasteiger partial charge in [0.25, 0.3) is 0 Å². The molecule has 0 aliphatic rings. The van der Waals surface area contributed by atoms with Crippen LogP contribution in [0, 0.1) is 0 Å². The second-order valence-corrected chi connectivity index (χ2v) is 16.5. The fourth-order valence-corrected chi connectivity index (χ4v) is 6.35. The molecule has 6 aromatic carbocycles. The van der Waals surface area contributed by atoms with Gasteiger partial charge in [-0.2, -0.15) is 24.3 Å². The molecule has 7 rings (SSSR count). The van der Waals surface area contributed by atoms with E-state index in [1.807, 2.05) is 0 Å². The molecule has 0 spiro atoms. The summed E-state index contributed by atoms with van der Waals surface area (Å²) in [4.78, 5) is 0. The Morgan fingerprint density at radius 1 is 0.674 bits per heavy atom. The summed E-state index contributed by atoms with van der Waals surface area (Å²) in [5.74, 6) is 0. The molecule has 2 nitrogen and oxygen atoms in total. The number of aryl methyl sites for hydroxylation is 2. The average Bonchev–Trinajstić information content (AvgIpc) is 3.79. The number of unbranched alkanes of at least 4 members (excludes halogenated alkanes) is 3. The first kappa shape index (κ1) is 34.7. The van der Waals surface area contributed by atoms with Crippen molar-refractivity contribution in [2.24, 2.45) is 7.05 Å². The minimum absolute atomic E-state index is 0.00737. The van der Waals surface area contributed by atoms with Crippen LogP contribution in [0.25, 0.3) is 54.5 Å². The monoisotopic (exact) mass is 725 g/mol. The van der Waals surface area contributed by atoms with Crippen molar-refractivity contribution in [3.05, 3.63) is 121 Å². The third-order valence-electron chi connectivity index (χ3n) is 8.55. The second-order valence-electron chi connectivity index (χ2n) is 12.8. The molecule has 1 aromatic heterocycles. The van der Waals surface area contributed by atoms with Crippen molar-refractivity contribution >= 4 is 60.4 Å². The molecular formula is C41H43Cl2NOZr. The molecule has 0 aliphatic heterocycles. The number of hydrogen-bond donors (Lipinski definition) is 0. The molecule has 46 heavy (non-hydrogen) atoms. The van der Waals surface area contributed by atoms with Gasteiger partial charge in [0, 0.05) is 35.5 Å². The van der Waals surface area contributed by atoms with Crippen molar-refractivity contribution < 1.29 is 25.6 Å². The number of nitrogens with zero attached hydrogens (tertiary/aromatic N) is 1. The fraction of sp³-hybridized carbons (Fsp3) is 0.268. The summed E-state index contributed by atoms with van der Waals surface area (Å²) >= 11 is -0.826. The quantitative estimate of drug-likeness (QED) is 0.112. The molecule has 0 radical (unpaired) electrons. The Hall–Kier alpha value is -2.68. The fourth-order valence-electron chi connectivity index (χ4n) is 6.35. The second kappa shape index (κ2) is 16.4. The van der Waals surface area contributed by atoms with Crippen molar-refractivity contribution in [1.82, 2.24) is 4.57 Å². The van der Waals surface area contributed by atoms with Crippen LogP contribution in [-0.2, 0) is 39.1 Å². The van der Waals surface area contributed by atoms with E-state index in [1.54, 1.807) is 0 Å². The van der Waals surface area contributed by atoms with E-state index in [1.165, 1.54) is 92.1 Å². The average molecular weight is 728 g/mol. The normalized spacial score (nSPS) is 11.3. The van der Waals surface area contributed by atoms with Crippen LogP contribution >= 0.6 is 17.0 Å². The standard InChI is InChI=1S/C22H16N.C19H27O.2ClH.Zr/c1-23-21-11-3-2-8-19(21)20-14-16(12-13-22(20)23)18-10-5-7-15-6-4-9-17(15)18;1-19(2,3)20-15-7-5-4-6-10-16-11-8-12-17-13-9-14-18(16)17;;;/h2-14H,1H3;8-9,11-14H,4-7,10,15H2,1-3H3;2*1H;/q2*-1;;;+4/p-2. The van der Waals surface area contributed by atoms with E-state index in [2.05, 4.69) is 148 Å². The molecule has 0 unspecified atom stereocenters. The molecule has 0 bridgehead atoms. The van der Waals surface area contributed by atoms with Crippen LogP contribution in [-0.4, -0.2) is 16.8 Å². The summed E-state index contributed by atoms with van der Waals surface area (Å²) in [5, 5.41) is 8.09. The third-order valence-corrected chi connectivity index (χ3v) is 8.55. The Morgan fingerprint density at radius 2 is 1.33 bits per heavy atom. The molecular weight excluding hydrogens is 685 g/mol. The van der Waals surface area contributed by atoms with Gasteiger partial charge in [-0.25, -0.2) is 0 Å². The molecule has 0 fully saturated rings. The van der Waals surface area contributed by atoms with Crippen molar-refractivity contribution in [1.29, 1.82) is 0 Å². The number of benzene rings is 4. The minimum atomic E-state index is -0.826. The van der Waals surface area contributed by atoms with Gasteiger partial charge in [0.1, 0.15) is 0 Å². The Kier molecular flexibility index (Phi) is 12.4. The number of ether oxygens (including phenoxy) is 1. The van der Waals surface area contributed by atoms with Gasteiger partial charge in [0.15, 0.2) is 0 Å². The molecule has 0 saturated heterocycles. The Balaban J connectivity index is 0.000000169. The summed E-state index contributed by atoms with van der Waals surface area (Å²) in [5.41, 5.74) is 6.66. The van der Waals surface area contributed by atoms with E-state index in [0.29, 0.717) is 0 Å². The molecule has 7 aromatic rings. The number of hydrogen-bond acceptors (Lipinski definition) is 1. The van der Waals surface area contributed by atoms with E-state index in [9.17, 15) is 0 Å². The van der Waals surface area contributed by atoms with Gasteiger partial charge in [0.2, 0.25) is 0 Å². The third kappa shape index (κ3) is 8.61. The number of fused-ring (bicyclic) bond motifs is 5. The van der Waals surface area contributed by atoms with E-state index >= 15 is 0 Å².